The van der Waals surface area contributed by atoms with Gasteiger partial charge in [-0.05, 0) is 37.1 Å². The second-order valence-electron chi connectivity index (χ2n) is 4.17. The van der Waals surface area contributed by atoms with Gasteiger partial charge in [-0.3, -0.25) is 0 Å². The lowest BCUT2D eigenvalue weighted by atomic mass is 9.95. The van der Waals surface area contributed by atoms with Crippen LogP contribution >= 0.6 is 0 Å². The molecule has 0 bridgehead atoms. The monoisotopic (exact) mass is 139 g/mol. The number of hydrogen-bond donors (Lipinski definition) is 1. The maximum atomic E-state index is 3.61. The van der Waals surface area contributed by atoms with Gasteiger partial charge in [0.15, 0.2) is 0 Å². The van der Waals surface area contributed by atoms with Gasteiger partial charge in [-0.2, -0.15) is 0 Å². The Balaban J connectivity index is 1.96. The van der Waals surface area contributed by atoms with Gasteiger partial charge in [-0.1, -0.05) is 13.8 Å². The Kier molecular flexibility index (Phi) is 1.48. The summed E-state index contributed by atoms with van der Waals surface area (Å²) in [4.78, 5) is 0. The zero-order chi connectivity index (χ0) is 7.14. The molecule has 2 fully saturated rings. The molecule has 0 aromatic heterocycles. The maximum absolute atomic E-state index is 3.61. The summed E-state index contributed by atoms with van der Waals surface area (Å²) >= 11 is 0. The van der Waals surface area contributed by atoms with E-state index >= 15 is 0 Å². The summed E-state index contributed by atoms with van der Waals surface area (Å²) in [6, 6.07) is 0.846. The normalized spacial score (nSPS) is 45.3. The fourth-order valence-electron chi connectivity index (χ4n) is 2.36. The quantitative estimate of drug-likeness (QED) is 0.582. The van der Waals surface area contributed by atoms with Crippen LogP contribution in [0.3, 0.4) is 0 Å². The molecule has 0 radical (unpaired) electrons. The predicted molar refractivity (Wildman–Crippen MR) is 42.8 cm³/mol. The Labute approximate surface area is 63.2 Å². The maximum Gasteiger partial charge on any atom is 0.0121 e. The minimum atomic E-state index is 0.843. The molecule has 3 unspecified atom stereocenters. The smallest absolute Gasteiger partial charge is 0.0121 e. The largest absolute Gasteiger partial charge is 0.313 e. The van der Waals surface area contributed by atoms with Crippen LogP contribution in [0.2, 0.25) is 0 Å². The van der Waals surface area contributed by atoms with Crippen molar-refractivity contribution in [2.24, 2.45) is 17.8 Å². The molecular formula is C9H17N. The van der Waals surface area contributed by atoms with E-state index in [9.17, 15) is 0 Å². The predicted octanol–water partition coefficient (Wildman–Crippen LogP) is 1.64. The molecule has 0 aromatic carbocycles. The van der Waals surface area contributed by atoms with E-state index < -0.39 is 0 Å². The SMILES string of the molecule is CC(C)C1NCCC2CC21. The Morgan fingerprint density at radius 3 is 2.80 bits per heavy atom. The first-order chi connectivity index (χ1) is 4.79. The van der Waals surface area contributed by atoms with Crippen LogP contribution in [0.15, 0.2) is 0 Å². The van der Waals surface area contributed by atoms with E-state index in [1.54, 1.807) is 0 Å². The summed E-state index contributed by atoms with van der Waals surface area (Å²) in [5.41, 5.74) is 0. The van der Waals surface area contributed by atoms with Crippen molar-refractivity contribution in [3.8, 4) is 0 Å². The van der Waals surface area contributed by atoms with Crippen molar-refractivity contribution in [3.05, 3.63) is 0 Å². The molecule has 58 valence electrons. The highest BCUT2D eigenvalue weighted by Gasteiger charge is 2.45. The highest BCUT2D eigenvalue weighted by molar-refractivity contribution is 4.99. The molecule has 2 rings (SSSR count). The molecule has 1 saturated carbocycles. The minimum absolute atomic E-state index is 0.843. The standard InChI is InChI=1S/C9H17N/c1-6(2)9-8-5-7(8)3-4-10-9/h6-10H,3-5H2,1-2H3. The van der Waals surface area contributed by atoms with E-state index in [4.69, 9.17) is 0 Å². The van der Waals surface area contributed by atoms with E-state index in [1.165, 1.54) is 19.4 Å². The third-order valence-corrected chi connectivity index (χ3v) is 3.05. The topological polar surface area (TPSA) is 12.0 Å². The second-order valence-corrected chi connectivity index (χ2v) is 4.17. The Morgan fingerprint density at radius 2 is 2.20 bits per heavy atom. The van der Waals surface area contributed by atoms with Gasteiger partial charge < -0.3 is 5.32 Å². The number of piperidine rings is 1. The first-order valence-corrected chi connectivity index (χ1v) is 4.52. The Bertz CT molecular complexity index is 131. The first-order valence-electron chi connectivity index (χ1n) is 4.52. The fourth-order valence-corrected chi connectivity index (χ4v) is 2.36. The van der Waals surface area contributed by atoms with Gasteiger partial charge in [-0.15, -0.1) is 0 Å². The highest BCUT2D eigenvalue weighted by Crippen LogP contribution is 2.47. The van der Waals surface area contributed by atoms with Crippen molar-refractivity contribution in [2.45, 2.75) is 32.7 Å². The van der Waals surface area contributed by atoms with Crippen LogP contribution in [0.25, 0.3) is 0 Å². The fraction of sp³-hybridized carbons (Fsp3) is 1.00. The van der Waals surface area contributed by atoms with Crippen LogP contribution in [-0.4, -0.2) is 12.6 Å². The number of nitrogens with one attached hydrogen (secondary N) is 1. The third-order valence-electron chi connectivity index (χ3n) is 3.05. The van der Waals surface area contributed by atoms with Crippen LogP contribution in [0, 0.1) is 17.8 Å². The molecule has 1 nitrogen and oxygen atoms in total. The summed E-state index contributed by atoms with van der Waals surface area (Å²) in [6.45, 7) is 5.93. The van der Waals surface area contributed by atoms with Gasteiger partial charge in [0.05, 0.1) is 0 Å². The Morgan fingerprint density at radius 1 is 1.40 bits per heavy atom. The molecule has 0 aromatic rings. The molecule has 1 saturated heterocycles. The lowest BCUT2D eigenvalue weighted by Gasteiger charge is -2.26. The van der Waals surface area contributed by atoms with Gasteiger partial charge in [-0.25, -0.2) is 0 Å². The molecule has 10 heavy (non-hydrogen) atoms. The minimum Gasteiger partial charge on any atom is -0.313 e. The number of fused-ring (bicyclic) bond motifs is 1. The number of rotatable bonds is 1. The molecule has 2 aliphatic rings. The zero-order valence-corrected chi connectivity index (χ0v) is 6.93. The molecular weight excluding hydrogens is 122 g/mol. The van der Waals surface area contributed by atoms with Gasteiger partial charge in [0.25, 0.3) is 0 Å². The Hall–Kier alpha value is -0.0400. The summed E-state index contributed by atoms with van der Waals surface area (Å²) < 4.78 is 0. The highest BCUT2D eigenvalue weighted by atomic mass is 15.0. The van der Waals surface area contributed by atoms with Crippen LogP contribution in [0.4, 0.5) is 0 Å². The van der Waals surface area contributed by atoms with Crippen molar-refractivity contribution in [3.63, 3.8) is 0 Å². The van der Waals surface area contributed by atoms with Crippen LogP contribution < -0.4 is 5.32 Å². The lowest BCUT2D eigenvalue weighted by molar-refractivity contribution is 0.307. The van der Waals surface area contributed by atoms with Gasteiger partial charge in [0.2, 0.25) is 0 Å². The van der Waals surface area contributed by atoms with Gasteiger partial charge >= 0.3 is 0 Å². The van der Waals surface area contributed by atoms with Crippen LogP contribution in [0.1, 0.15) is 26.7 Å². The summed E-state index contributed by atoms with van der Waals surface area (Å²) in [5.74, 6) is 3.00. The van der Waals surface area contributed by atoms with Crippen molar-refractivity contribution in [1.29, 1.82) is 0 Å². The van der Waals surface area contributed by atoms with E-state index in [-0.39, 0.29) is 0 Å². The molecule has 3 atom stereocenters. The molecule has 1 heterocycles. The number of hydrogen-bond acceptors (Lipinski definition) is 1. The van der Waals surface area contributed by atoms with Crippen molar-refractivity contribution in [1.82, 2.24) is 5.32 Å². The van der Waals surface area contributed by atoms with Gasteiger partial charge in [0.1, 0.15) is 0 Å². The summed E-state index contributed by atoms with van der Waals surface area (Å²) in [6.07, 6.45) is 2.95. The third kappa shape index (κ3) is 0.968. The molecule has 1 N–H and O–H groups in total. The molecule has 1 aliphatic heterocycles. The van der Waals surface area contributed by atoms with Crippen molar-refractivity contribution >= 4 is 0 Å². The van der Waals surface area contributed by atoms with Crippen LogP contribution in [-0.2, 0) is 0 Å². The second kappa shape index (κ2) is 2.23. The summed E-state index contributed by atoms with van der Waals surface area (Å²) in [5, 5.41) is 3.61. The summed E-state index contributed by atoms with van der Waals surface area (Å²) in [7, 11) is 0. The molecule has 1 aliphatic carbocycles. The molecule has 0 amide bonds. The van der Waals surface area contributed by atoms with Crippen molar-refractivity contribution < 1.29 is 0 Å². The average molecular weight is 139 g/mol. The van der Waals surface area contributed by atoms with Crippen LogP contribution in [0.5, 0.6) is 0 Å². The molecule has 0 spiro atoms. The van der Waals surface area contributed by atoms with Crippen molar-refractivity contribution in [2.75, 3.05) is 6.54 Å². The van der Waals surface area contributed by atoms with E-state index in [1.807, 2.05) is 0 Å². The molecule has 1 heteroatoms. The lowest BCUT2D eigenvalue weighted by Crippen LogP contribution is -2.40. The van der Waals surface area contributed by atoms with E-state index in [0.717, 1.165) is 23.8 Å². The average Bonchev–Trinajstić information content (AvgIpc) is 2.63. The van der Waals surface area contributed by atoms with E-state index in [2.05, 4.69) is 19.2 Å². The van der Waals surface area contributed by atoms with E-state index in [0.29, 0.717) is 0 Å². The first kappa shape index (κ1) is 6.66. The zero-order valence-electron chi connectivity index (χ0n) is 6.93. The van der Waals surface area contributed by atoms with Gasteiger partial charge in [0, 0.05) is 6.04 Å².